The van der Waals surface area contributed by atoms with Crippen LogP contribution in [0.15, 0.2) is 24.3 Å². The van der Waals surface area contributed by atoms with Gasteiger partial charge in [0.25, 0.3) is 0 Å². The molecule has 1 aromatic rings. The summed E-state index contributed by atoms with van der Waals surface area (Å²) in [6.45, 7) is 2.39. The summed E-state index contributed by atoms with van der Waals surface area (Å²) >= 11 is 0. The number of hydrogen-bond acceptors (Lipinski definition) is 1. The standard InChI is InChI=1S/C15H21N/c1-11-10-13-4-2-3-5-15(13)16-14(11)9-8-12-6-7-12/h2-5,11-12,14,16H,6-10H2,1H3. The van der Waals surface area contributed by atoms with E-state index >= 15 is 0 Å². The highest BCUT2D eigenvalue weighted by Crippen LogP contribution is 2.36. The summed E-state index contributed by atoms with van der Waals surface area (Å²) in [5.41, 5.74) is 2.87. The number of nitrogens with one attached hydrogen (secondary N) is 1. The molecule has 1 nitrogen and oxygen atoms in total. The molecule has 2 atom stereocenters. The molecule has 1 aliphatic heterocycles. The first-order chi connectivity index (χ1) is 7.83. The van der Waals surface area contributed by atoms with E-state index in [0.717, 1.165) is 11.8 Å². The molecule has 1 heterocycles. The summed E-state index contributed by atoms with van der Waals surface area (Å²) in [4.78, 5) is 0. The van der Waals surface area contributed by atoms with Crippen molar-refractivity contribution in [2.75, 3.05) is 5.32 Å². The lowest BCUT2D eigenvalue weighted by atomic mass is 9.86. The molecule has 86 valence electrons. The molecule has 0 spiro atoms. The zero-order valence-electron chi connectivity index (χ0n) is 10.1. The molecular formula is C15H21N. The van der Waals surface area contributed by atoms with Gasteiger partial charge in [0, 0.05) is 11.7 Å². The van der Waals surface area contributed by atoms with Gasteiger partial charge in [0.05, 0.1) is 0 Å². The molecule has 0 saturated heterocycles. The lowest BCUT2D eigenvalue weighted by molar-refractivity contribution is 0.423. The second-order valence-corrected chi connectivity index (χ2v) is 5.61. The van der Waals surface area contributed by atoms with Crippen molar-refractivity contribution < 1.29 is 0 Å². The summed E-state index contributed by atoms with van der Waals surface area (Å²) in [6, 6.07) is 9.48. The molecule has 1 aliphatic carbocycles. The van der Waals surface area contributed by atoms with Crippen LogP contribution in [0.1, 0.15) is 38.2 Å². The van der Waals surface area contributed by atoms with Crippen LogP contribution in [0, 0.1) is 11.8 Å². The van der Waals surface area contributed by atoms with E-state index in [1.165, 1.54) is 43.4 Å². The van der Waals surface area contributed by atoms with E-state index in [-0.39, 0.29) is 0 Å². The highest BCUT2D eigenvalue weighted by atomic mass is 14.9. The first-order valence-electron chi connectivity index (χ1n) is 6.67. The Hall–Kier alpha value is -0.980. The Bertz CT molecular complexity index is 367. The number of para-hydroxylation sites is 1. The number of rotatable bonds is 3. The zero-order chi connectivity index (χ0) is 11.0. The largest absolute Gasteiger partial charge is 0.382 e. The van der Waals surface area contributed by atoms with Gasteiger partial charge in [-0.3, -0.25) is 0 Å². The van der Waals surface area contributed by atoms with Crippen molar-refractivity contribution in [2.45, 2.75) is 45.1 Å². The number of anilines is 1. The van der Waals surface area contributed by atoms with Crippen LogP contribution >= 0.6 is 0 Å². The summed E-state index contributed by atoms with van der Waals surface area (Å²) in [5, 5.41) is 3.73. The van der Waals surface area contributed by atoms with Crippen LogP contribution in [0.25, 0.3) is 0 Å². The molecule has 0 aromatic heterocycles. The van der Waals surface area contributed by atoms with Crippen molar-refractivity contribution in [3.63, 3.8) is 0 Å². The van der Waals surface area contributed by atoms with Crippen molar-refractivity contribution in [3.05, 3.63) is 29.8 Å². The quantitative estimate of drug-likeness (QED) is 0.807. The van der Waals surface area contributed by atoms with E-state index in [0.29, 0.717) is 6.04 Å². The van der Waals surface area contributed by atoms with E-state index in [1.54, 1.807) is 0 Å². The van der Waals surface area contributed by atoms with Crippen molar-refractivity contribution in [1.29, 1.82) is 0 Å². The Labute approximate surface area is 98.3 Å². The van der Waals surface area contributed by atoms with Gasteiger partial charge in [0.15, 0.2) is 0 Å². The van der Waals surface area contributed by atoms with Crippen molar-refractivity contribution >= 4 is 5.69 Å². The molecule has 1 fully saturated rings. The molecule has 1 saturated carbocycles. The molecule has 2 unspecified atom stereocenters. The molecule has 3 rings (SSSR count). The fourth-order valence-electron chi connectivity index (χ4n) is 2.85. The van der Waals surface area contributed by atoms with Crippen LogP contribution in [-0.4, -0.2) is 6.04 Å². The molecular weight excluding hydrogens is 194 g/mol. The van der Waals surface area contributed by atoms with Gasteiger partial charge in [-0.05, 0) is 42.7 Å². The minimum atomic E-state index is 0.704. The van der Waals surface area contributed by atoms with Gasteiger partial charge in [0.2, 0.25) is 0 Å². The summed E-state index contributed by atoms with van der Waals surface area (Å²) < 4.78 is 0. The van der Waals surface area contributed by atoms with Crippen molar-refractivity contribution in [1.82, 2.24) is 0 Å². The lowest BCUT2D eigenvalue weighted by Gasteiger charge is -2.32. The average molecular weight is 215 g/mol. The summed E-state index contributed by atoms with van der Waals surface area (Å²) in [6.07, 6.45) is 7.01. The number of fused-ring (bicyclic) bond motifs is 1. The number of hydrogen-bond donors (Lipinski definition) is 1. The summed E-state index contributed by atoms with van der Waals surface area (Å²) in [7, 11) is 0. The zero-order valence-corrected chi connectivity index (χ0v) is 10.1. The Kier molecular flexibility index (Phi) is 2.62. The Morgan fingerprint density at radius 1 is 1.19 bits per heavy atom. The maximum Gasteiger partial charge on any atom is 0.0375 e. The predicted octanol–water partition coefficient (Wildman–Crippen LogP) is 3.85. The van der Waals surface area contributed by atoms with E-state index in [4.69, 9.17) is 0 Å². The maximum atomic E-state index is 3.73. The van der Waals surface area contributed by atoms with Crippen LogP contribution in [0.2, 0.25) is 0 Å². The normalized spacial score (nSPS) is 28.3. The Balaban J connectivity index is 1.67. The van der Waals surface area contributed by atoms with Gasteiger partial charge in [-0.1, -0.05) is 38.0 Å². The van der Waals surface area contributed by atoms with E-state index < -0.39 is 0 Å². The molecule has 2 aliphatic rings. The van der Waals surface area contributed by atoms with Crippen LogP contribution in [-0.2, 0) is 6.42 Å². The Morgan fingerprint density at radius 3 is 2.81 bits per heavy atom. The molecule has 0 amide bonds. The SMILES string of the molecule is CC1Cc2ccccc2NC1CCC1CC1. The van der Waals surface area contributed by atoms with Gasteiger partial charge in [-0.2, -0.15) is 0 Å². The fraction of sp³-hybridized carbons (Fsp3) is 0.600. The highest BCUT2D eigenvalue weighted by molar-refractivity contribution is 5.54. The van der Waals surface area contributed by atoms with Gasteiger partial charge in [0.1, 0.15) is 0 Å². The van der Waals surface area contributed by atoms with Gasteiger partial charge >= 0.3 is 0 Å². The topological polar surface area (TPSA) is 12.0 Å². The first kappa shape index (κ1) is 10.2. The molecule has 16 heavy (non-hydrogen) atoms. The molecule has 1 heteroatoms. The third-order valence-corrected chi connectivity index (χ3v) is 4.17. The van der Waals surface area contributed by atoms with Crippen molar-refractivity contribution in [2.24, 2.45) is 11.8 Å². The maximum absolute atomic E-state index is 3.73. The third-order valence-electron chi connectivity index (χ3n) is 4.17. The van der Waals surface area contributed by atoms with Crippen molar-refractivity contribution in [3.8, 4) is 0 Å². The Morgan fingerprint density at radius 2 is 2.00 bits per heavy atom. The minimum absolute atomic E-state index is 0.704. The fourth-order valence-corrected chi connectivity index (χ4v) is 2.85. The lowest BCUT2D eigenvalue weighted by Crippen LogP contribution is -2.33. The average Bonchev–Trinajstić information content (AvgIpc) is 3.10. The molecule has 1 aromatic carbocycles. The molecule has 1 N–H and O–H groups in total. The summed E-state index contributed by atoms with van der Waals surface area (Å²) in [5.74, 6) is 1.85. The predicted molar refractivity (Wildman–Crippen MR) is 68.7 cm³/mol. The van der Waals surface area contributed by atoms with E-state index in [9.17, 15) is 0 Å². The van der Waals surface area contributed by atoms with Crippen LogP contribution < -0.4 is 5.32 Å². The monoisotopic (exact) mass is 215 g/mol. The highest BCUT2D eigenvalue weighted by Gasteiger charge is 2.27. The van der Waals surface area contributed by atoms with Crippen LogP contribution in [0.3, 0.4) is 0 Å². The minimum Gasteiger partial charge on any atom is -0.382 e. The van der Waals surface area contributed by atoms with E-state index in [1.807, 2.05) is 0 Å². The van der Waals surface area contributed by atoms with Crippen LogP contribution in [0.5, 0.6) is 0 Å². The van der Waals surface area contributed by atoms with Gasteiger partial charge < -0.3 is 5.32 Å². The molecule has 0 radical (unpaired) electrons. The van der Waals surface area contributed by atoms with E-state index in [2.05, 4.69) is 36.5 Å². The van der Waals surface area contributed by atoms with Gasteiger partial charge in [-0.25, -0.2) is 0 Å². The van der Waals surface area contributed by atoms with Gasteiger partial charge in [-0.15, -0.1) is 0 Å². The first-order valence-corrected chi connectivity index (χ1v) is 6.67. The number of benzene rings is 1. The second-order valence-electron chi connectivity index (χ2n) is 5.61. The molecule has 0 bridgehead atoms. The van der Waals surface area contributed by atoms with Crippen LogP contribution in [0.4, 0.5) is 5.69 Å². The smallest absolute Gasteiger partial charge is 0.0375 e. The third kappa shape index (κ3) is 2.09. The second kappa shape index (κ2) is 4.12.